The van der Waals surface area contributed by atoms with E-state index in [1.54, 1.807) is 0 Å². The molecule has 0 amide bonds. The van der Waals surface area contributed by atoms with Crippen molar-refractivity contribution in [3.05, 3.63) is 48.0 Å². The molecule has 2 aromatic rings. The fourth-order valence-electron chi connectivity index (χ4n) is 1.69. The van der Waals surface area contributed by atoms with E-state index in [1.165, 1.54) is 0 Å². The summed E-state index contributed by atoms with van der Waals surface area (Å²) in [6.07, 6.45) is 5.56. The van der Waals surface area contributed by atoms with Crippen molar-refractivity contribution in [3.8, 4) is 0 Å². The molecule has 2 rings (SSSR count). The largest absolute Gasteiger partial charge is 0.302 e. The first kappa shape index (κ1) is 10.8. The maximum absolute atomic E-state index is 4.33. The van der Waals surface area contributed by atoms with E-state index in [0.717, 1.165) is 11.3 Å². The summed E-state index contributed by atoms with van der Waals surface area (Å²) in [6, 6.07) is 6.44. The number of hydrogen-bond donors (Lipinski definition) is 2. The molecule has 2 unspecified atom stereocenters. The normalized spacial score (nSPS) is 14.6. The average Bonchev–Trinajstić information content (AvgIpc) is 2.83. The van der Waals surface area contributed by atoms with Crippen molar-refractivity contribution >= 4 is 0 Å². The van der Waals surface area contributed by atoms with Crippen LogP contribution in [-0.4, -0.2) is 15.2 Å². The lowest BCUT2D eigenvalue weighted by Gasteiger charge is -2.18. The van der Waals surface area contributed by atoms with E-state index in [9.17, 15) is 0 Å². The molecule has 2 atom stereocenters. The van der Waals surface area contributed by atoms with Gasteiger partial charge in [-0.25, -0.2) is 0 Å². The minimum atomic E-state index is 0.228. The molecule has 0 fully saturated rings. The molecule has 0 aliphatic carbocycles. The molecule has 16 heavy (non-hydrogen) atoms. The molecular weight excluding hydrogens is 200 g/mol. The molecule has 0 aliphatic heterocycles. The van der Waals surface area contributed by atoms with Crippen LogP contribution < -0.4 is 5.32 Å². The molecule has 84 valence electrons. The molecule has 0 aliphatic rings. The van der Waals surface area contributed by atoms with E-state index in [1.807, 2.05) is 36.8 Å². The lowest BCUT2D eigenvalue weighted by Crippen LogP contribution is -2.22. The van der Waals surface area contributed by atoms with Gasteiger partial charge in [0.1, 0.15) is 0 Å². The molecule has 4 heteroatoms. The minimum Gasteiger partial charge on any atom is -0.302 e. The van der Waals surface area contributed by atoms with E-state index in [-0.39, 0.29) is 12.1 Å². The van der Waals surface area contributed by atoms with Gasteiger partial charge in [0.15, 0.2) is 0 Å². The highest BCUT2D eigenvalue weighted by molar-refractivity contribution is 5.12. The van der Waals surface area contributed by atoms with E-state index in [4.69, 9.17) is 0 Å². The van der Waals surface area contributed by atoms with Crippen LogP contribution in [0, 0.1) is 0 Å². The highest BCUT2D eigenvalue weighted by atomic mass is 15.1. The van der Waals surface area contributed by atoms with E-state index in [2.05, 4.69) is 34.3 Å². The summed E-state index contributed by atoms with van der Waals surface area (Å²) in [5.74, 6) is 0. The summed E-state index contributed by atoms with van der Waals surface area (Å²) in [4.78, 5) is 4.33. The maximum atomic E-state index is 4.33. The Hall–Kier alpha value is -1.68. The van der Waals surface area contributed by atoms with Crippen molar-refractivity contribution in [3.63, 3.8) is 0 Å². The zero-order chi connectivity index (χ0) is 11.4. The molecule has 2 N–H and O–H groups in total. The SMILES string of the molecule is CC(NC(C)c1ccccn1)c1cn[nH]c1. The second-order valence-electron chi connectivity index (χ2n) is 3.90. The van der Waals surface area contributed by atoms with Gasteiger partial charge in [0.2, 0.25) is 0 Å². The Morgan fingerprint density at radius 3 is 2.75 bits per heavy atom. The van der Waals surface area contributed by atoms with Crippen LogP contribution in [0.2, 0.25) is 0 Å². The molecule has 4 nitrogen and oxygen atoms in total. The first-order chi connectivity index (χ1) is 7.77. The number of aromatic nitrogens is 3. The van der Waals surface area contributed by atoms with Gasteiger partial charge in [-0.2, -0.15) is 5.10 Å². The van der Waals surface area contributed by atoms with Gasteiger partial charge >= 0.3 is 0 Å². The van der Waals surface area contributed by atoms with Crippen LogP contribution in [0.4, 0.5) is 0 Å². The smallest absolute Gasteiger partial charge is 0.0570 e. The van der Waals surface area contributed by atoms with Crippen LogP contribution in [0.25, 0.3) is 0 Å². The highest BCUT2D eigenvalue weighted by Gasteiger charge is 2.12. The number of H-pyrrole nitrogens is 1. The number of nitrogens with one attached hydrogen (secondary N) is 2. The standard InChI is InChI=1S/C12H16N4/c1-9(11-7-14-15-8-11)16-10(2)12-5-3-4-6-13-12/h3-10,16H,1-2H3,(H,14,15). The fraction of sp³-hybridized carbons (Fsp3) is 0.333. The van der Waals surface area contributed by atoms with Crippen molar-refractivity contribution in [2.24, 2.45) is 0 Å². The van der Waals surface area contributed by atoms with Crippen molar-refractivity contribution < 1.29 is 0 Å². The molecule has 0 bridgehead atoms. The van der Waals surface area contributed by atoms with Gasteiger partial charge in [0.05, 0.1) is 11.9 Å². The molecule has 0 aromatic carbocycles. The molecule has 2 aromatic heterocycles. The van der Waals surface area contributed by atoms with Gasteiger partial charge < -0.3 is 5.32 Å². The molecular formula is C12H16N4. The van der Waals surface area contributed by atoms with E-state index >= 15 is 0 Å². The van der Waals surface area contributed by atoms with Gasteiger partial charge in [-0.05, 0) is 26.0 Å². The van der Waals surface area contributed by atoms with E-state index < -0.39 is 0 Å². The Kier molecular flexibility index (Phi) is 3.31. The van der Waals surface area contributed by atoms with Crippen molar-refractivity contribution in [1.29, 1.82) is 0 Å². The summed E-state index contributed by atoms with van der Waals surface area (Å²) in [5.41, 5.74) is 2.21. The van der Waals surface area contributed by atoms with Gasteiger partial charge in [-0.3, -0.25) is 10.1 Å². The second kappa shape index (κ2) is 4.90. The summed E-state index contributed by atoms with van der Waals surface area (Å²) in [5, 5.41) is 10.2. The van der Waals surface area contributed by atoms with Crippen LogP contribution >= 0.6 is 0 Å². The van der Waals surface area contributed by atoms with Gasteiger partial charge in [-0.15, -0.1) is 0 Å². The third-order valence-electron chi connectivity index (χ3n) is 2.65. The van der Waals surface area contributed by atoms with Crippen LogP contribution in [0.3, 0.4) is 0 Å². The maximum Gasteiger partial charge on any atom is 0.0570 e. The summed E-state index contributed by atoms with van der Waals surface area (Å²) >= 11 is 0. The van der Waals surface area contributed by atoms with Crippen LogP contribution in [0.5, 0.6) is 0 Å². The Bertz CT molecular complexity index is 410. The molecule has 0 spiro atoms. The number of aromatic amines is 1. The van der Waals surface area contributed by atoms with Crippen LogP contribution in [0.1, 0.15) is 37.2 Å². The Morgan fingerprint density at radius 2 is 2.12 bits per heavy atom. The van der Waals surface area contributed by atoms with Crippen LogP contribution in [-0.2, 0) is 0 Å². The van der Waals surface area contributed by atoms with Gasteiger partial charge in [0, 0.05) is 30.0 Å². The third-order valence-corrected chi connectivity index (χ3v) is 2.65. The average molecular weight is 216 g/mol. The summed E-state index contributed by atoms with van der Waals surface area (Å²) < 4.78 is 0. The lowest BCUT2D eigenvalue weighted by molar-refractivity contribution is 0.486. The van der Waals surface area contributed by atoms with E-state index in [0.29, 0.717) is 0 Å². The highest BCUT2D eigenvalue weighted by Crippen LogP contribution is 2.16. The Labute approximate surface area is 95.1 Å². The third kappa shape index (κ3) is 2.46. The fourth-order valence-corrected chi connectivity index (χ4v) is 1.69. The predicted octanol–water partition coefficient (Wildman–Crippen LogP) is 2.22. The Balaban J connectivity index is 2.00. The molecule has 0 saturated heterocycles. The number of nitrogens with zero attached hydrogens (tertiary/aromatic N) is 2. The molecule has 2 heterocycles. The minimum absolute atomic E-state index is 0.228. The number of rotatable bonds is 4. The topological polar surface area (TPSA) is 53.6 Å². The summed E-state index contributed by atoms with van der Waals surface area (Å²) in [6.45, 7) is 4.23. The zero-order valence-electron chi connectivity index (χ0n) is 9.51. The molecule has 0 saturated carbocycles. The zero-order valence-corrected chi connectivity index (χ0v) is 9.51. The van der Waals surface area contributed by atoms with Crippen molar-refractivity contribution in [2.45, 2.75) is 25.9 Å². The second-order valence-corrected chi connectivity index (χ2v) is 3.90. The van der Waals surface area contributed by atoms with Crippen LogP contribution in [0.15, 0.2) is 36.8 Å². The Morgan fingerprint density at radius 1 is 1.25 bits per heavy atom. The van der Waals surface area contributed by atoms with Gasteiger partial charge in [0.25, 0.3) is 0 Å². The van der Waals surface area contributed by atoms with Crippen molar-refractivity contribution in [2.75, 3.05) is 0 Å². The molecule has 0 radical (unpaired) electrons. The first-order valence-corrected chi connectivity index (χ1v) is 5.43. The quantitative estimate of drug-likeness (QED) is 0.824. The van der Waals surface area contributed by atoms with Gasteiger partial charge in [-0.1, -0.05) is 6.07 Å². The van der Waals surface area contributed by atoms with Crippen molar-refractivity contribution in [1.82, 2.24) is 20.5 Å². The summed E-state index contributed by atoms with van der Waals surface area (Å²) in [7, 11) is 0. The predicted molar refractivity (Wildman–Crippen MR) is 62.8 cm³/mol. The number of hydrogen-bond acceptors (Lipinski definition) is 3. The monoisotopic (exact) mass is 216 g/mol. The lowest BCUT2D eigenvalue weighted by atomic mass is 10.1. The first-order valence-electron chi connectivity index (χ1n) is 5.43. The number of pyridine rings is 1.